The maximum atomic E-state index is 11.7. The average molecular weight is 356 g/mol. The summed E-state index contributed by atoms with van der Waals surface area (Å²) in [5, 5.41) is 12.2. The summed E-state index contributed by atoms with van der Waals surface area (Å²) < 4.78 is 27.5. The normalized spacial score (nSPS) is 11.7. The van der Waals surface area contributed by atoms with Gasteiger partial charge in [0.25, 0.3) is 5.69 Å². The first-order valence-corrected chi connectivity index (χ1v) is 8.11. The van der Waals surface area contributed by atoms with E-state index in [2.05, 4.69) is 9.72 Å². The highest BCUT2D eigenvalue weighted by Crippen LogP contribution is 2.30. The molecule has 0 aliphatic carbocycles. The Bertz CT molecular complexity index is 763. The van der Waals surface area contributed by atoms with E-state index in [1.54, 1.807) is 13.0 Å². The van der Waals surface area contributed by atoms with Gasteiger partial charge in [-0.1, -0.05) is 12.1 Å². The Kier molecular flexibility index (Phi) is 5.36. The lowest BCUT2D eigenvalue weighted by Gasteiger charge is -2.20. The predicted octanol–water partition coefficient (Wildman–Crippen LogP) is 2.48. The smallest absolute Gasteiger partial charge is 0.427 e. The molecule has 23 heavy (non-hydrogen) atoms. The number of nitro benzene ring substituents is 1. The van der Waals surface area contributed by atoms with Gasteiger partial charge in [0.1, 0.15) is 0 Å². The Morgan fingerprint density at radius 1 is 1.52 bits per heavy atom. The number of non-ortho nitro benzene ring substituents is 1. The molecule has 0 saturated heterocycles. The number of nitro groups is 1. The van der Waals surface area contributed by atoms with Crippen molar-refractivity contribution < 1.29 is 23.2 Å². The molecule has 1 unspecified atom stereocenters. The minimum atomic E-state index is -2.89. The lowest BCUT2D eigenvalue weighted by atomic mass is 10.1. The Morgan fingerprint density at radius 3 is 2.87 bits per heavy atom. The molecule has 1 atom stereocenters. The number of ether oxygens (including phenoxy) is 1. The number of hydrogen-bond acceptors (Lipinski definition) is 8. The SMILES string of the molecule is CCOC(=O)N(c1nc(-c2cccc([N+](=O)[O-])c2)cs1)S(=O)[O-]. The summed E-state index contributed by atoms with van der Waals surface area (Å²) in [5.74, 6) is 0. The molecule has 0 fully saturated rings. The van der Waals surface area contributed by atoms with Crippen LogP contribution in [-0.2, 0) is 16.0 Å². The second kappa shape index (κ2) is 7.26. The fourth-order valence-electron chi connectivity index (χ4n) is 1.65. The number of anilines is 1. The fourth-order valence-corrected chi connectivity index (χ4v) is 3.04. The number of hydrogen-bond donors (Lipinski definition) is 0. The maximum Gasteiger partial charge on any atom is 0.427 e. The summed E-state index contributed by atoms with van der Waals surface area (Å²) in [6.07, 6.45) is -1.07. The van der Waals surface area contributed by atoms with E-state index in [1.807, 2.05) is 0 Å². The van der Waals surface area contributed by atoms with Crippen molar-refractivity contribution in [3.8, 4) is 11.3 Å². The third-order valence-corrected chi connectivity index (χ3v) is 4.16. The molecule has 122 valence electrons. The van der Waals surface area contributed by atoms with E-state index in [-0.39, 0.29) is 17.4 Å². The number of benzene rings is 1. The van der Waals surface area contributed by atoms with Crippen LogP contribution in [0, 0.1) is 10.1 Å². The minimum absolute atomic E-state index is 0.00957. The van der Waals surface area contributed by atoms with Crippen LogP contribution in [0.2, 0.25) is 0 Å². The predicted molar refractivity (Wildman–Crippen MR) is 82.6 cm³/mol. The molecular formula is C12H10N3O6S2-. The zero-order valence-corrected chi connectivity index (χ0v) is 13.3. The number of aromatic nitrogens is 1. The van der Waals surface area contributed by atoms with Crippen LogP contribution in [0.25, 0.3) is 11.3 Å². The minimum Gasteiger partial charge on any atom is -0.755 e. The van der Waals surface area contributed by atoms with E-state index in [0.29, 0.717) is 15.6 Å². The monoisotopic (exact) mass is 356 g/mol. The molecule has 1 aromatic heterocycles. The zero-order chi connectivity index (χ0) is 17.0. The third-order valence-electron chi connectivity index (χ3n) is 2.60. The number of thiazole rings is 1. The molecule has 0 bridgehead atoms. The van der Waals surface area contributed by atoms with Crippen LogP contribution in [0.3, 0.4) is 0 Å². The second-order valence-electron chi connectivity index (χ2n) is 4.03. The van der Waals surface area contributed by atoms with Gasteiger partial charge in [0.15, 0.2) is 0 Å². The fraction of sp³-hybridized carbons (Fsp3) is 0.167. The van der Waals surface area contributed by atoms with Crippen molar-refractivity contribution in [2.24, 2.45) is 0 Å². The van der Waals surface area contributed by atoms with Gasteiger partial charge >= 0.3 is 6.09 Å². The van der Waals surface area contributed by atoms with Crippen LogP contribution < -0.4 is 4.31 Å². The lowest BCUT2D eigenvalue weighted by molar-refractivity contribution is -0.384. The van der Waals surface area contributed by atoms with Crippen LogP contribution in [-0.4, -0.2) is 31.4 Å². The van der Waals surface area contributed by atoms with E-state index in [1.165, 1.54) is 23.6 Å². The average Bonchev–Trinajstić information content (AvgIpc) is 2.97. The van der Waals surface area contributed by atoms with Crippen molar-refractivity contribution in [3.63, 3.8) is 0 Å². The van der Waals surface area contributed by atoms with Gasteiger partial charge in [0.2, 0.25) is 5.13 Å². The highest BCUT2D eigenvalue weighted by Gasteiger charge is 2.22. The van der Waals surface area contributed by atoms with Gasteiger partial charge < -0.3 is 9.29 Å². The van der Waals surface area contributed by atoms with E-state index >= 15 is 0 Å². The first-order valence-electron chi connectivity index (χ1n) is 6.20. The van der Waals surface area contributed by atoms with Crippen LogP contribution in [0.5, 0.6) is 0 Å². The van der Waals surface area contributed by atoms with Crippen LogP contribution >= 0.6 is 11.3 Å². The molecule has 0 radical (unpaired) electrons. The number of amides is 1. The summed E-state index contributed by atoms with van der Waals surface area (Å²) in [7, 11) is 0. The summed E-state index contributed by atoms with van der Waals surface area (Å²) >= 11 is -1.99. The molecule has 1 aromatic carbocycles. The zero-order valence-electron chi connectivity index (χ0n) is 11.7. The van der Waals surface area contributed by atoms with Crippen LogP contribution in [0.15, 0.2) is 29.6 Å². The van der Waals surface area contributed by atoms with E-state index in [4.69, 9.17) is 0 Å². The third kappa shape index (κ3) is 3.88. The molecule has 2 aromatic rings. The van der Waals surface area contributed by atoms with Gasteiger partial charge in [-0.05, 0) is 6.92 Å². The molecule has 1 heterocycles. The van der Waals surface area contributed by atoms with Gasteiger partial charge in [0, 0.05) is 23.1 Å². The van der Waals surface area contributed by atoms with Gasteiger partial charge in [-0.25, -0.2) is 9.78 Å². The quantitative estimate of drug-likeness (QED) is 0.457. The molecule has 0 aliphatic rings. The van der Waals surface area contributed by atoms with Crippen molar-refractivity contribution >= 4 is 39.5 Å². The van der Waals surface area contributed by atoms with Gasteiger partial charge in [-0.3, -0.25) is 14.3 Å². The first-order chi connectivity index (χ1) is 10.9. The Balaban J connectivity index is 2.35. The van der Waals surface area contributed by atoms with Crippen molar-refractivity contribution in [2.75, 3.05) is 10.9 Å². The summed E-state index contributed by atoms with van der Waals surface area (Å²) in [6, 6.07) is 5.71. The standard InChI is InChI=1S/C12H11N3O6S2/c1-2-21-12(16)14(23(19)20)11-13-10(7-22-11)8-4-3-5-9(6-8)15(17)18/h3-7H,2H2,1H3,(H,19,20)/p-1. The second-order valence-corrected chi connectivity index (χ2v) is 5.67. The molecule has 9 nitrogen and oxygen atoms in total. The maximum absolute atomic E-state index is 11.7. The summed E-state index contributed by atoms with van der Waals surface area (Å²) in [6.45, 7) is 1.55. The van der Waals surface area contributed by atoms with Crippen molar-refractivity contribution in [3.05, 3.63) is 39.8 Å². The number of carbonyl (C=O) groups is 1. The van der Waals surface area contributed by atoms with Crippen LogP contribution in [0.4, 0.5) is 15.6 Å². The molecular weight excluding hydrogens is 346 g/mol. The molecule has 0 aliphatic heterocycles. The van der Waals surface area contributed by atoms with Crippen molar-refractivity contribution in [1.29, 1.82) is 0 Å². The molecule has 0 N–H and O–H groups in total. The van der Waals surface area contributed by atoms with Gasteiger partial charge in [-0.2, -0.15) is 4.31 Å². The number of rotatable bonds is 5. The van der Waals surface area contributed by atoms with Gasteiger partial charge in [0.05, 0.1) is 28.5 Å². The van der Waals surface area contributed by atoms with E-state index in [9.17, 15) is 23.7 Å². The molecule has 0 spiro atoms. The summed E-state index contributed by atoms with van der Waals surface area (Å²) in [4.78, 5) is 25.9. The number of nitrogens with zero attached hydrogens (tertiary/aromatic N) is 3. The van der Waals surface area contributed by atoms with Crippen molar-refractivity contribution in [1.82, 2.24) is 4.98 Å². The highest BCUT2D eigenvalue weighted by atomic mass is 32.2. The summed E-state index contributed by atoms with van der Waals surface area (Å²) in [5.41, 5.74) is 0.627. The molecule has 1 amide bonds. The van der Waals surface area contributed by atoms with Crippen molar-refractivity contribution in [2.45, 2.75) is 6.92 Å². The van der Waals surface area contributed by atoms with E-state index < -0.39 is 22.3 Å². The first kappa shape index (κ1) is 17.0. The molecule has 2 rings (SSSR count). The Hall–Kier alpha value is -2.37. The molecule has 11 heteroatoms. The largest absolute Gasteiger partial charge is 0.755 e. The Morgan fingerprint density at radius 2 is 2.26 bits per heavy atom. The van der Waals surface area contributed by atoms with Crippen LogP contribution in [0.1, 0.15) is 6.92 Å². The highest BCUT2D eigenvalue weighted by molar-refractivity contribution is 7.81. The van der Waals surface area contributed by atoms with E-state index in [0.717, 1.165) is 11.3 Å². The Labute approximate surface area is 137 Å². The number of carbonyl (C=O) groups excluding carboxylic acids is 1. The van der Waals surface area contributed by atoms with Gasteiger partial charge in [-0.15, -0.1) is 11.3 Å². The topological polar surface area (TPSA) is 126 Å². The molecule has 0 saturated carbocycles. The lowest BCUT2D eigenvalue weighted by Crippen LogP contribution is -2.33.